The van der Waals surface area contributed by atoms with Gasteiger partial charge in [0, 0.05) is 24.6 Å². The second-order valence-corrected chi connectivity index (χ2v) is 7.80. The number of carbonyl (C=O) groups is 2. The zero-order chi connectivity index (χ0) is 18.1. The summed E-state index contributed by atoms with van der Waals surface area (Å²) in [5, 5.41) is 13.6. The Bertz CT molecular complexity index is 950. The van der Waals surface area contributed by atoms with Gasteiger partial charge in [-0.25, -0.2) is 0 Å². The summed E-state index contributed by atoms with van der Waals surface area (Å²) >= 11 is 1.35. The number of anilines is 1. The molecule has 0 radical (unpaired) electrons. The molecule has 5 heteroatoms. The highest BCUT2D eigenvalue weighted by molar-refractivity contribution is 7.18. The van der Waals surface area contributed by atoms with Crippen molar-refractivity contribution in [3.63, 3.8) is 0 Å². The zero-order valence-electron chi connectivity index (χ0n) is 14.2. The number of nitriles is 1. The fraction of sp³-hybridized carbons (Fsp3) is 0.286. The van der Waals surface area contributed by atoms with E-state index in [2.05, 4.69) is 11.4 Å². The lowest BCUT2D eigenvalue weighted by atomic mass is 9.85. The second kappa shape index (κ2) is 6.89. The second-order valence-electron chi connectivity index (χ2n) is 6.78. The number of allylic oxidation sites excluding steroid dienone is 2. The molecule has 1 unspecified atom stereocenters. The van der Waals surface area contributed by atoms with Crippen molar-refractivity contribution in [3.8, 4) is 6.07 Å². The first kappa shape index (κ1) is 16.7. The molecule has 4 rings (SSSR count). The first-order valence-corrected chi connectivity index (χ1v) is 9.61. The lowest BCUT2D eigenvalue weighted by Gasteiger charge is -2.23. The molecule has 0 saturated carbocycles. The van der Waals surface area contributed by atoms with Gasteiger partial charge in [-0.2, -0.15) is 5.26 Å². The molecule has 1 atom stereocenters. The van der Waals surface area contributed by atoms with Crippen LogP contribution in [0.1, 0.15) is 58.0 Å². The molecule has 0 amide bonds. The van der Waals surface area contributed by atoms with Crippen molar-refractivity contribution >= 4 is 27.9 Å². The monoisotopic (exact) mass is 362 g/mol. The van der Waals surface area contributed by atoms with Crippen molar-refractivity contribution in [1.29, 1.82) is 5.26 Å². The van der Waals surface area contributed by atoms with Crippen LogP contribution < -0.4 is 5.32 Å². The summed E-state index contributed by atoms with van der Waals surface area (Å²) in [5.41, 5.74) is 3.40. The van der Waals surface area contributed by atoms with Crippen molar-refractivity contribution in [1.82, 2.24) is 0 Å². The van der Waals surface area contributed by atoms with Crippen LogP contribution >= 0.6 is 11.3 Å². The number of rotatable bonds is 3. The van der Waals surface area contributed by atoms with E-state index >= 15 is 0 Å². The number of benzene rings is 1. The molecule has 130 valence electrons. The van der Waals surface area contributed by atoms with Crippen molar-refractivity contribution in [2.24, 2.45) is 0 Å². The fourth-order valence-corrected chi connectivity index (χ4v) is 4.96. The van der Waals surface area contributed by atoms with E-state index in [1.54, 1.807) is 6.08 Å². The molecule has 4 nitrogen and oxygen atoms in total. The lowest BCUT2D eigenvalue weighted by Crippen LogP contribution is -2.16. The minimum atomic E-state index is 0.0866. The number of fused-ring (bicyclic) bond motifs is 1. The molecule has 1 aromatic carbocycles. The van der Waals surface area contributed by atoms with Gasteiger partial charge in [0.25, 0.3) is 0 Å². The summed E-state index contributed by atoms with van der Waals surface area (Å²) in [6, 6.07) is 12.3. The average Bonchev–Trinajstić information content (AvgIpc) is 3.00. The first-order valence-electron chi connectivity index (χ1n) is 8.80. The standard InChI is InChI=1S/C21H18N2O2S/c22-12-18-17-7-4-8-19(25)20(17)26-21(18)23-15-9-14(10-16(24)11-15)13-5-2-1-3-6-13/h1-3,5-6,11,14,23H,4,7-10H2. The molecule has 2 aliphatic carbocycles. The highest BCUT2D eigenvalue weighted by Gasteiger charge is 2.28. The Kier molecular flexibility index (Phi) is 4.44. The predicted molar refractivity (Wildman–Crippen MR) is 101 cm³/mol. The van der Waals surface area contributed by atoms with E-state index in [0.29, 0.717) is 28.3 Å². The summed E-state index contributed by atoms with van der Waals surface area (Å²) in [6.45, 7) is 0. The maximum Gasteiger partial charge on any atom is 0.173 e. The number of carbonyl (C=O) groups excluding carboxylic acids is 2. The van der Waals surface area contributed by atoms with Crippen molar-refractivity contribution in [2.45, 2.75) is 38.0 Å². The quantitative estimate of drug-likeness (QED) is 0.867. The van der Waals surface area contributed by atoms with Gasteiger partial charge in [0.05, 0.1) is 10.4 Å². The number of hydrogen-bond acceptors (Lipinski definition) is 5. The lowest BCUT2D eigenvalue weighted by molar-refractivity contribution is -0.115. The Morgan fingerprint density at radius 1 is 1.12 bits per heavy atom. The summed E-state index contributed by atoms with van der Waals surface area (Å²) in [4.78, 5) is 25.1. The van der Waals surface area contributed by atoms with Crippen LogP contribution in [0.3, 0.4) is 0 Å². The first-order chi connectivity index (χ1) is 12.7. The van der Waals surface area contributed by atoms with Gasteiger partial charge in [0.15, 0.2) is 11.6 Å². The summed E-state index contributed by atoms with van der Waals surface area (Å²) in [6.07, 6.45) is 4.98. The Balaban J connectivity index is 1.62. The molecule has 0 saturated heterocycles. The van der Waals surface area contributed by atoms with Gasteiger partial charge in [-0.3, -0.25) is 9.59 Å². The third-order valence-corrected chi connectivity index (χ3v) is 6.19. The van der Waals surface area contributed by atoms with Gasteiger partial charge < -0.3 is 5.32 Å². The molecule has 0 bridgehead atoms. The minimum Gasteiger partial charge on any atom is -0.349 e. The van der Waals surface area contributed by atoms with E-state index in [0.717, 1.165) is 36.1 Å². The Labute approximate surface area is 156 Å². The Morgan fingerprint density at radius 3 is 2.69 bits per heavy atom. The zero-order valence-corrected chi connectivity index (χ0v) is 15.1. The van der Waals surface area contributed by atoms with Crippen LogP contribution in [0, 0.1) is 11.3 Å². The number of hydrogen-bond donors (Lipinski definition) is 1. The van der Waals surface area contributed by atoms with E-state index in [1.807, 2.05) is 30.3 Å². The number of thiophene rings is 1. The molecule has 2 aromatic rings. The van der Waals surface area contributed by atoms with Crippen LogP contribution in [-0.2, 0) is 11.2 Å². The van der Waals surface area contributed by atoms with Gasteiger partial charge in [-0.15, -0.1) is 11.3 Å². The third kappa shape index (κ3) is 3.09. The Morgan fingerprint density at radius 2 is 1.92 bits per heavy atom. The summed E-state index contributed by atoms with van der Waals surface area (Å²) in [5.74, 6) is 0.345. The molecule has 1 N–H and O–H groups in total. The van der Waals surface area contributed by atoms with Gasteiger partial charge in [-0.1, -0.05) is 30.3 Å². The molecular weight excluding hydrogens is 344 g/mol. The molecule has 2 aliphatic rings. The summed E-state index contributed by atoms with van der Waals surface area (Å²) in [7, 11) is 0. The van der Waals surface area contributed by atoms with Crippen LogP contribution in [0.5, 0.6) is 0 Å². The number of ketones is 2. The fourth-order valence-electron chi connectivity index (χ4n) is 3.76. The molecule has 0 aliphatic heterocycles. The van der Waals surface area contributed by atoms with Crippen LogP contribution in [-0.4, -0.2) is 11.6 Å². The SMILES string of the molecule is N#Cc1c(NC2=CC(=O)CC(c3ccccc3)C2)sc2c1CCCC2=O. The third-order valence-electron chi connectivity index (χ3n) is 5.00. The average molecular weight is 362 g/mol. The topological polar surface area (TPSA) is 70.0 Å². The maximum atomic E-state index is 12.2. The molecule has 0 spiro atoms. The smallest absolute Gasteiger partial charge is 0.173 e. The molecule has 1 aromatic heterocycles. The van der Waals surface area contributed by atoms with E-state index in [9.17, 15) is 14.9 Å². The maximum absolute atomic E-state index is 12.2. The molecule has 0 fully saturated rings. The van der Waals surface area contributed by atoms with E-state index in [-0.39, 0.29) is 17.5 Å². The van der Waals surface area contributed by atoms with Gasteiger partial charge in [-0.05, 0) is 36.3 Å². The predicted octanol–water partition coefficient (Wildman–Crippen LogP) is 4.58. The van der Waals surface area contributed by atoms with Crippen molar-refractivity contribution < 1.29 is 9.59 Å². The van der Waals surface area contributed by atoms with Crippen LogP contribution in [0.15, 0.2) is 42.1 Å². The highest BCUT2D eigenvalue weighted by Crippen LogP contribution is 2.40. The van der Waals surface area contributed by atoms with Gasteiger partial charge in [0.1, 0.15) is 11.1 Å². The van der Waals surface area contributed by atoms with E-state index in [1.165, 1.54) is 11.3 Å². The number of Topliss-reactive ketones (excluding diaryl/α,β-unsaturated/α-hetero) is 1. The molecule has 26 heavy (non-hydrogen) atoms. The molecular formula is C21H18N2O2S. The van der Waals surface area contributed by atoms with Crippen LogP contribution in [0.25, 0.3) is 0 Å². The van der Waals surface area contributed by atoms with Crippen LogP contribution in [0.4, 0.5) is 5.00 Å². The minimum absolute atomic E-state index is 0.0866. The largest absolute Gasteiger partial charge is 0.349 e. The van der Waals surface area contributed by atoms with Gasteiger partial charge >= 0.3 is 0 Å². The number of nitrogens with zero attached hydrogens (tertiary/aromatic N) is 1. The number of nitrogens with one attached hydrogen (secondary N) is 1. The summed E-state index contributed by atoms with van der Waals surface area (Å²) < 4.78 is 0. The van der Waals surface area contributed by atoms with Crippen LogP contribution in [0.2, 0.25) is 0 Å². The normalized spacial score (nSPS) is 19.5. The molecule has 1 heterocycles. The van der Waals surface area contributed by atoms with E-state index < -0.39 is 0 Å². The Hall–Kier alpha value is -2.71. The highest BCUT2D eigenvalue weighted by atomic mass is 32.1. The van der Waals surface area contributed by atoms with Crippen molar-refractivity contribution in [2.75, 3.05) is 5.32 Å². The van der Waals surface area contributed by atoms with Gasteiger partial charge in [0.2, 0.25) is 0 Å². The van der Waals surface area contributed by atoms with E-state index in [4.69, 9.17) is 0 Å². The van der Waals surface area contributed by atoms with Crippen molar-refractivity contribution in [3.05, 3.63) is 63.7 Å².